The van der Waals surface area contributed by atoms with Crippen LogP contribution in [0.5, 0.6) is 0 Å². The minimum absolute atomic E-state index is 0.0781. The molecule has 0 aromatic rings. The summed E-state index contributed by atoms with van der Waals surface area (Å²) in [6.07, 6.45) is 10.9. The first-order chi connectivity index (χ1) is 11.2. The molecular formula is C18H34O5. The molecule has 0 radical (unpaired) electrons. The Morgan fingerprint density at radius 2 is 1.74 bits per heavy atom. The lowest BCUT2D eigenvalue weighted by Gasteiger charge is -2.36. The van der Waals surface area contributed by atoms with Crippen LogP contribution < -0.4 is 0 Å². The van der Waals surface area contributed by atoms with Crippen LogP contribution in [0.3, 0.4) is 0 Å². The highest BCUT2D eigenvalue weighted by atomic mass is 16.6. The van der Waals surface area contributed by atoms with Gasteiger partial charge in [0.2, 0.25) is 0 Å². The first-order valence-corrected chi connectivity index (χ1v) is 9.05. The van der Waals surface area contributed by atoms with Gasteiger partial charge < -0.3 is 24.8 Å². The van der Waals surface area contributed by atoms with E-state index < -0.39 is 24.4 Å². The average molecular weight is 330 g/mol. The zero-order chi connectivity index (χ0) is 16.9. The fourth-order valence-electron chi connectivity index (χ4n) is 2.80. The van der Waals surface area contributed by atoms with E-state index in [4.69, 9.17) is 14.6 Å². The SMILES string of the molecule is CCCCCCCCC/C=C/CO[C@@H]1[C@@H](O)[C@H](CO)OC[C@H]1O. The molecule has 1 aliphatic heterocycles. The molecule has 23 heavy (non-hydrogen) atoms. The molecule has 1 fully saturated rings. The predicted molar refractivity (Wildman–Crippen MR) is 90.3 cm³/mol. The number of allylic oxidation sites excluding steroid dienone is 1. The zero-order valence-electron chi connectivity index (χ0n) is 14.4. The van der Waals surface area contributed by atoms with Crippen LogP contribution in [0, 0.1) is 0 Å². The summed E-state index contributed by atoms with van der Waals surface area (Å²) in [5.74, 6) is 0. The summed E-state index contributed by atoms with van der Waals surface area (Å²) in [4.78, 5) is 0. The minimum Gasteiger partial charge on any atom is -0.394 e. The van der Waals surface area contributed by atoms with Crippen LogP contribution in [-0.2, 0) is 9.47 Å². The summed E-state index contributed by atoms with van der Waals surface area (Å²) in [7, 11) is 0. The number of aliphatic hydroxyl groups excluding tert-OH is 3. The Morgan fingerprint density at radius 1 is 1.04 bits per heavy atom. The number of unbranched alkanes of at least 4 members (excludes halogenated alkanes) is 7. The molecule has 0 aliphatic carbocycles. The Balaban J connectivity index is 2.06. The van der Waals surface area contributed by atoms with Crippen molar-refractivity contribution in [2.45, 2.75) is 82.7 Å². The van der Waals surface area contributed by atoms with Crippen molar-refractivity contribution in [2.24, 2.45) is 0 Å². The van der Waals surface area contributed by atoms with Gasteiger partial charge in [-0.2, -0.15) is 0 Å². The highest BCUT2D eigenvalue weighted by Gasteiger charge is 2.38. The van der Waals surface area contributed by atoms with Gasteiger partial charge in [-0.3, -0.25) is 0 Å². The Labute approximate surface area is 140 Å². The number of hydrogen-bond acceptors (Lipinski definition) is 5. The molecule has 136 valence electrons. The number of ether oxygens (including phenoxy) is 2. The van der Waals surface area contributed by atoms with Crippen molar-refractivity contribution in [2.75, 3.05) is 19.8 Å². The first-order valence-electron chi connectivity index (χ1n) is 9.05. The summed E-state index contributed by atoms with van der Waals surface area (Å²) in [6.45, 7) is 2.39. The molecule has 0 amide bonds. The average Bonchev–Trinajstić information content (AvgIpc) is 2.55. The van der Waals surface area contributed by atoms with Gasteiger partial charge in [0.05, 0.1) is 19.8 Å². The summed E-state index contributed by atoms with van der Waals surface area (Å²) < 4.78 is 10.7. The van der Waals surface area contributed by atoms with Crippen molar-refractivity contribution < 1.29 is 24.8 Å². The van der Waals surface area contributed by atoms with Crippen LogP contribution in [0.15, 0.2) is 12.2 Å². The maximum absolute atomic E-state index is 9.97. The van der Waals surface area contributed by atoms with E-state index in [2.05, 4.69) is 13.0 Å². The third-order valence-corrected chi connectivity index (χ3v) is 4.28. The molecule has 1 heterocycles. The molecule has 0 saturated carbocycles. The van der Waals surface area contributed by atoms with E-state index >= 15 is 0 Å². The summed E-state index contributed by atoms with van der Waals surface area (Å²) >= 11 is 0. The van der Waals surface area contributed by atoms with Crippen molar-refractivity contribution >= 4 is 0 Å². The number of hydrogen-bond donors (Lipinski definition) is 3. The molecule has 4 atom stereocenters. The van der Waals surface area contributed by atoms with Gasteiger partial charge in [0.25, 0.3) is 0 Å². The molecule has 1 rings (SSSR count). The van der Waals surface area contributed by atoms with Gasteiger partial charge in [0, 0.05) is 0 Å². The lowest BCUT2D eigenvalue weighted by atomic mass is 10.0. The monoisotopic (exact) mass is 330 g/mol. The quantitative estimate of drug-likeness (QED) is 0.377. The van der Waals surface area contributed by atoms with Crippen LogP contribution in [0.4, 0.5) is 0 Å². The fourth-order valence-corrected chi connectivity index (χ4v) is 2.80. The van der Waals surface area contributed by atoms with Crippen molar-refractivity contribution in [3.05, 3.63) is 12.2 Å². The van der Waals surface area contributed by atoms with Crippen LogP contribution in [0.2, 0.25) is 0 Å². The van der Waals surface area contributed by atoms with E-state index in [1.165, 1.54) is 44.9 Å². The molecule has 0 bridgehead atoms. The molecule has 1 saturated heterocycles. The van der Waals surface area contributed by atoms with Gasteiger partial charge in [-0.05, 0) is 12.8 Å². The van der Waals surface area contributed by atoms with Crippen LogP contribution in [0.1, 0.15) is 58.3 Å². The van der Waals surface area contributed by atoms with Crippen LogP contribution in [0.25, 0.3) is 0 Å². The van der Waals surface area contributed by atoms with E-state index in [9.17, 15) is 10.2 Å². The standard InChI is InChI=1S/C18H34O5/c1-2-3-4-5-6-7-8-9-10-11-12-22-18-15(20)14-23-16(13-19)17(18)21/h10-11,15-21H,2-9,12-14H2,1H3/b11-10+/t15-,16+,17+,18+/m1/s1. The fraction of sp³-hybridized carbons (Fsp3) is 0.889. The second-order valence-corrected chi connectivity index (χ2v) is 6.29. The van der Waals surface area contributed by atoms with Crippen molar-refractivity contribution in [1.82, 2.24) is 0 Å². The normalized spacial score (nSPS) is 28.5. The highest BCUT2D eigenvalue weighted by Crippen LogP contribution is 2.18. The number of aliphatic hydroxyl groups is 3. The van der Waals surface area contributed by atoms with Gasteiger partial charge in [0.1, 0.15) is 24.4 Å². The van der Waals surface area contributed by atoms with Crippen molar-refractivity contribution in [3.8, 4) is 0 Å². The smallest absolute Gasteiger partial charge is 0.114 e. The van der Waals surface area contributed by atoms with Crippen molar-refractivity contribution in [1.29, 1.82) is 0 Å². The second kappa shape index (κ2) is 12.9. The molecule has 5 heteroatoms. The summed E-state index contributed by atoms with van der Waals surface area (Å²) in [5, 5.41) is 28.9. The second-order valence-electron chi connectivity index (χ2n) is 6.29. The molecule has 5 nitrogen and oxygen atoms in total. The summed E-state index contributed by atoms with van der Waals surface area (Å²) in [5.41, 5.74) is 0. The largest absolute Gasteiger partial charge is 0.394 e. The van der Waals surface area contributed by atoms with Gasteiger partial charge in [0.15, 0.2) is 0 Å². The Bertz CT molecular complexity index is 308. The zero-order valence-corrected chi connectivity index (χ0v) is 14.4. The van der Waals surface area contributed by atoms with Crippen LogP contribution in [-0.4, -0.2) is 59.6 Å². The van der Waals surface area contributed by atoms with E-state index in [0.29, 0.717) is 6.61 Å². The lowest BCUT2D eigenvalue weighted by Crippen LogP contribution is -2.55. The van der Waals surface area contributed by atoms with Gasteiger partial charge in [-0.15, -0.1) is 0 Å². The Kier molecular flexibility index (Phi) is 11.5. The highest BCUT2D eigenvalue weighted by molar-refractivity contribution is 4.89. The minimum atomic E-state index is -1.000. The first kappa shape index (κ1) is 20.6. The Hall–Kier alpha value is -0.460. The molecule has 0 aromatic carbocycles. The topological polar surface area (TPSA) is 79.2 Å². The maximum atomic E-state index is 9.97. The molecule has 1 aliphatic rings. The van der Waals surface area contributed by atoms with E-state index in [-0.39, 0.29) is 13.2 Å². The molecule has 0 aromatic heterocycles. The molecular weight excluding hydrogens is 296 g/mol. The van der Waals surface area contributed by atoms with Gasteiger partial charge in [-0.25, -0.2) is 0 Å². The van der Waals surface area contributed by atoms with Gasteiger partial charge in [-0.1, -0.05) is 57.6 Å². The van der Waals surface area contributed by atoms with Gasteiger partial charge >= 0.3 is 0 Å². The molecule has 3 N–H and O–H groups in total. The lowest BCUT2D eigenvalue weighted by molar-refractivity contribution is -0.207. The third kappa shape index (κ3) is 8.27. The van der Waals surface area contributed by atoms with E-state index in [0.717, 1.165) is 6.42 Å². The Morgan fingerprint density at radius 3 is 2.43 bits per heavy atom. The van der Waals surface area contributed by atoms with E-state index in [1.807, 2.05) is 6.08 Å². The van der Waals surface area contributed by atoms with Crippen molar-refractivity contribution in [3.63, 3.8) is 0 Å². The molecule has 0 spiro atoms. The molecule has 0 unspecified atom stereocenters. The summed E-state index contributed by atoms with van der Waals surface area (Å²) in [6, 6.07) is 0. The van der Waals surface area contributed by atoms with Crippen LogP contribution >= 0.6 is 0 Å². The third-order valence-electron chi connectivity index (χ3n) is 4.28. The number of rotatable bonds is 12. The van der Waals surface area contributed by atoms with E-state index in [1.54, 1.807) is 0 Å². The maximum Gasteiger partial charge on any atom is 0.114 e. The predicted octanol–water partition coefficient (Wildman–Crippen LogP) is 2.18.